The van der Waals surface area contributed by atoms with Gasteiger partial charge >= 0.3 is 5.97 Å². The molecule has 2 fully saturated rings. The van der Waals surface area contributed by atoms with Gasteiger partial charge in [-0.05, 0) is 30.7 Å². The molecule has 0 N–H and O–H groups in total. The van der Waals surface area contributed by atoms with Crippen LogP contribution in [0.5, 0.6) is 0 Å². The molecule has 1 aliphatic heterocycles. The zero-order chi connectivity index (χ0) is 17.8. The monoisotopic (exact) mass is 361 g/mol. The highest BCUT2D eigenvalue weighted by molar-refractivity contribution is 8.00. The lowest BCUT2D eigenvalue weighted by Gasteiger charge is -2.28. The van der Waals surface area contributed by atoms with Crippen LogP contribution in [0.15, 0.2) is 30.3 Å². The lowest BCUT2D eigenvalue weighted by atomic mass is 10.1. The van der Waals surface area contributed by atoms with Crippen molar-refractivity contribution < 1.29 is 14.3 Å². The van der Waals surface area contributed by atoms with E-state index in [1.54, 1.807) is 11.8 Å². The number of nitrogens with zero attached hydrogens (tertiary/aromatic N) is 1. The molecule has 136 valence electrons. The Labute approximate surface area is 154 Å². The molecule has 0 unspecified atom stereocenters. The van der Waals surface area contributed by atoms with Gasteiger partial charge in [-0.25, -0.2) is 4.79 Å². The summed E-state index contributed by atoms with van der Waals surface area (Å²) < 4.78 is 5.35. The second-order valence-electron chi connectivity index (χ2n) is 6.86. The van der Waals surface area contributed by atoms with Gasteiger partial charge in [0.05, 0.1) is 12.0 Å². The van der Waals surface area contributed by atoms with Crippen LogP contribution in [-0.2, 0) is 14.3 Å². The summed E-state index contributed by atoms with van der Waals surface area (Å²) in [6.45, 7) is 4.53. The second-order valence-corrected chi connectivity index (χ2v) is 8.08. The number of hydrogen-bond donors (Lipinski definition) is 0. The van der Waals surface area contributed by atoms with Crippen molar-refractivity contribution in [1.82, 2.24) is 4.90 Å². The van der Waals surface area contributed by atoms with Crippen LogP contribution in [0.3, 0.4) is 0 Å². The third kappa shape index (κ3) is 4.02. The molecule has 0 spiro atoms. The molecule has 1 heterocycles. The average molecular weight is 362 g/mol. The van der Waals surface area contributed by atoms with E-state index in [2.05, 4.69) is 19.1 Å². The van der Waals surface area contributed by atoms with Crippen molar-refractivity contribution in [3.63, 3.8) is 0 Å². The third-order valence-corrected chi connectivity index (χ3v) is 6.29. The van der Waals surface area contributed by atoms with Gasteiger partial charge in [0.25, 0.3) is 0 Å². The molecule has 1 aliphatic carbocycles. The molecule has 1 saturated heterocycles. The van der Waals surface area contributed by atoms with E-state index in [-0.39, 0.29) is 23.2 Å². The highest BCUT2D eigenvalue weighted by atomic mass is 32.2. The summed E-state index contributed by atoms with van der Waals surface area (Å²) in [5.41, 5.74) is 1.23. The molecule has 0 radical (unpaired) electrons. The van der Waals surface area contributed by atoms with Gasteiger partial charge in [0.2, 0.25) is 5.91 Å². The van der Waals surface area contributed by atoms with E-state index in [9.17, 15) is 9.59 Å². The van der Waals surface area contributed by atoms with E-state index >= 15 is 0 Å². The van der Waals surface area contributed by atoms with Crippen molar-refractivity contribution in [1.29, 1.82) is 0 Å². The van der Waals surface area contributed by atoms with Crippen LogP contribution in [0.2, 0.25) is 0 Å². The van der Waals surface area contributed by atoms with Gasteiger partial charge in [0.1, 0.15) is 6.04 Å². The maximum atomic E-state index is 13.2. The van der Waals surface area contributed by atoms with Gasteiger partial charge in [-0.15, -0.1) is 11.8 Å². The second kappa shape index (κ2) is 8.26. The van der Waals surface area contributed by atoms with Crippen LogP contribution in [0, 0.1) is 5.92 Å². The van der Waals surface area contributed by atoms with Crippen molar-refractivity contribution in [2.24, 2.45) is 5.92 Å². The van der Waals surface area contributed by atoms with E-state index in [1.165, 1.54) is 5.56 Å². The van der Waals surface area contributed by atoms with E-state index < -0.39 is 6.04 Å². The maximum Gasteiger partial charge on any atom is 0.329 e. The van der Waals surface area contributed by atoms with Crippen LogP contribution in [0.1, 0.15) is 51.0 Å². The minimum Gasteiger partial charge on any atom is -0.464 e. The van der Waals surface area contributed by atoms with Crippen LogP contribution < -0.4 is 0 Å². The SMILES string of the molecule is CCCOC(=O)[C@H]1CS[C@H](CCC)N1C(=O)[C@@H]1C[C@H]1c1ccccc1. The maximum absolute atomic E-state index is 13.2. The highest BCUT2D eigenvalue weighted by Gasteiger charge is 2.51. The topological polar surface area (TPSA) is 46.6 Å². The minimum absolute atomic E-state index is 0.0157. The van der Waals surface area contributed by atoms with Gasteiger partial charge in [-0.3, -0.25) is 4.79 Å². The van der Waals surface area contributed by atoms with E-state index in [4.69, 9.17) is 4.74 Å². The Hall–Kier alpha value is -1.49. The quantitative estimate of drug-likeness (QED) is 0.693. The smallest absolute Gasteiger partial charge is 0.329 e. The Balaban J connectivity index is 1.71. The molecule has 0 aromatic heterocycles. The molecule has 1 saturated carbocycles. The molecule has 25 heavy (non-hydrogen) atoms. The number of ether oxygens (including phenoxy) is 1. The van der Waals surface area contributed by atoms with Crippen molar-refractivity contribution in [2.45, 2.75) is 56.9 Å². The number of hydrogen-bond acceptors (Lipinski definition) is 4. The Kier molecular flexibility index (Phi) is 6.05. The Morgan fingerprint density at radius 1 is 1.20 bits per heavy atom. The van der Waals surface area contributed by atoms with Crippen molar-refractivity contribution in [2.75, 3.05) is 12.4 Å². The largest absolute Gasteiger partial charge is 0.464 e. The van der Waals surface area contributed by atoms with Gasteiger partial charge in [-0.2, -0.15) is 0 Å². The zero-order valence-electron chi connectivity index (χ0n) is 15.0. The number of amides is 1. The summed E-state index contributed by atoms with van der Waals surface area (Å²) in [6, 6.07) is 9.80. The molecule has 1 aromatic carbocycles. The Morgan fingerprint density at radius 2 is 1.96 bits per heavy atom. The first-order valence-electron chi connectivity index (χ1n) is 9.32. The van der Waals surface area contributed by atoms with Crippen molar-refractivity contribution in [3.8, 4) is 0 Å². The Morgan fingerprint density at radius 3 is 2.64 bits per heavy atom. The molecule has 1 amide bonds. The first-order valence-corrected chi connectivity index (χ1v) is 10.4. The fraction of sp³-hybridized carbons (Fsp3) is 0.600. The molecule has 4 atom stereocenters. The average Bonchev–Trinajstić information content (AvgIpc) is 3.33. The molecular formula is C20H27NO3S. The summed E-state index contributed by atoms with van der Waals surface area (Å²) >= 11 is 1.72. The number of esters is 1. The number of carbonyl (C=O) groups excluding carboxylic acids is 2. The summed E-state index contributed by atoms with van der Waals surface area (Å²) in [6.07, 6.45) is 3.62. The number of benzene rings is 1. The fourth-order valence-corrected chi connectivity index (χ4v) is 5.05. The van der Waals surface area contributed by atoms with Gasteiger partial charge in [0, 0.05) is 11.7 Å². The molecule has 4 nitrogen and oxygen atoms in total. The van der Waals surface area contributed by atoms with Gasteiger partial charge in [-0.1, -0.05) is 50.6 Å². The normalized spacial score (nSPS) is 28.0. The van der Waals surface area contributed by atoms with Gasteiger partial charge < -0.3 is 9.64 Å². The minimum atomic E-state index is -0.419. The van der Waals surface area contributed by atoms with E-state index in [0.29, 0.717) is 18.3 Å². The van der Waals surface area contributed by atoms with E-state index in [1.807, 2.05) is 30.0 Å². The molecule has 5 heteroatoms. The van der Waals surface area contributed by atoms with Crippen molar-refractivity contribution in [3.05, 3.63) is 35.9 Å². The number of rotatable bonds is 7. The van der Waals surface area contributed by atoms with Crippen molar-refractivity contribution >= 4 is 23.6 Å². The fourth-order valence-electron chi connectivity index (χ4n) is 3.54. The molecule has 1 aromatic rings. The Bertz CT molecular complexity index is 606. The van der Waals surface area contributed by atoms with Crippen LogP contribution in [-0.4, -0.2) is 40.6 Å². The zero-order valence-corrected chi connectivity index (χ0v) is 15.8. The summed E-state index contributed by atoms with van der Waals surface area (Å²) in [5.74, 6) is 0.867. The van der Waals surface area contributed by atoms with Crippen LogP contribution >= 0.6 is 11.8 Å². The summed E-state index contributed by atoms with van der Waals surface area (Å²) in [7, 11) is 0. The van der Waals surface area contributed by atoms with Crippen LogP contribution in [0.25, 0.3) is 0 Å². The number of thioether (sulfide) groups is 1. The third-order valence-electron chi connectivity index (χ3n) is 4.94. The predicted molar refractivity (Wildman–Crippen MR) is 100 cm³/mol. The number of carbonyl (C=O) groups is 2. The standard InChI is InChI=1S/C20H27NO3S/c1-3-8-18-21(17(13-25-18)20(23)24-11-4-2)19(22)16-12-15(16)14-9-6-5-7-10-14/h5-7,9-10,15-18H,3-4,8,11-13H2,1-2H3/t15-,16+,17+,18+/m0/s1. The summed E-state index contributed by atoms with van der Waals surface area (Å²) in [5, 5.41) is 0.105. The van der Waals surface area contributed by atoms with E-state index in [0.717, 1.165) is 25.7 Å². The summed E-state index contributed by atoms with van der Waals surface area (Å²) in [4.78, 5) is 27.5. The lowest BCUT2D eigenvalue weighted by molar-refractivity contribution is -0.154. The molecule has 3 rings (SSSR count). The molecule has 2 aliphatic rings. The predicted octanol–water partition coefficient (Wildman–Crippen LogP) is 3.81. The molecular weight excluding hydrogens is 334 g/mol. The first-order chi connectivity index (χ1) is 12.2. The first kappa shape index (κ1) is 18.3. The highest BCUT2D eigenvalue weighted by Crippen LogP contribution is 2.50. The lowest BCUT2D eigenvalue weighted by Crippen LogP contribution is -2.47. The van der Waals surface area contributed by atoms with Gasteiger partial charge in [0.15, 0.2) is 0 Å². The molecule has 0 bridgehead atoms. The van der Waals surface area contributed by atoms with Crippen LogP contribution in [0.4, 0.5) is 0 Å².